The molecule has 2 heterocycles. The molecule has 5 nitrogen and oxygen atoms in total. The number of hydrogen-bond acceptors (Lipinski definition) is 5. The predicted octanol–water partition coefficient (Wildman–Crippen LogP) is 2.15. The van der Waals surface area contributed by atoms with Crippen LogP contribution in [0.25, 0.3) is 11.3 Å². The van der Waals surface area contributed by atoms with Crippen molar-refractivity contribution in [3.63, 3.8) is 0 Å². The lowest BCUT2D eigenvalue weighted by molar-refractivity contribution is 0.0958. The van der Waals surface area contributed by atoms with Crippen LogP contribution in [0.1, 0.15) is 37.9 Å². The van der Waals surface area contributed by atoms with Gasteiger partial charge in [0.15, 0.2) is 5.78 Å². The van der Waals surface area contributed by atoms with Crippen LogP contribution in [-0.2, 0) is 0 Å². The fourth-order valence-electron chi connectivity index (χ4n) is 2.44. The molecular weight excluding hydrogens is 298 g/mol. The average Bonchev–Trinajstić information content (AvgIpc) is 2.85. The van der Waals surface area contributed by atoms with Crippen molar-refractivity contribution in [2.75, 3.05) is 6.54 Å². The minimum atomic E-state index is -0.464. The van der Waals surface area contributed by atoms with Gasteiger partial charge >= 0.3 is 0 Å². The molecule has 114 valence electrons. The molecule has 1 aliphatic rings. The normalized spacial score (nSPS) is 17.0. The number of thiazole rings is 1. The molecular formula is C16H17N3O2S. The van der Waals surface area contributed by atoms with Crippen molar-refractivity contribution < 1.29 is 9.59 Å². The second-order valence-corrected chi connectivity index (χ2v) is 6.62. The summed E-state index contributed by atoms with van der Waals surface area (Å²) in [5, 5.41) is 4.10. The first-order valence-electron chi connectivity index (χ1n) is 7.19. The quantitative estimate of drug-likeness (QED) is 0.828. The largest absolute Gasteiger partial charge is 0.366 e. The van der Waals surface area contributed by atoms with E-state index >= 15 is 0 Å². The van der Waals surface area contributed by atoms with Crippen molar-refractivity contribution >= 4 is 23.0 Å². The second-order valence-electron chi connectivity index (χ2n) is 5.42. The van der Waals surface area contributed by atoms with Gasteiger partial charge in [0, 0.05) is 23.6 Å². The number of aryl methyl sites for hydroxylation is 1. The van der Waals surface area contributed by atoms with E-state index in [2.05, 4.69) is 10.3 Å². The monoisotopic (exact) mass is 315 g/mol. The third-order valence-electron chi connectivity index (χ3n) is 3.79. The van der Waals surface area contributed by atoms with E-state index < -0.39 is 5.91 Å². The molecule has 1 fully saturated rings. The maximum absolute atomic E-state index is 12.5. The Labute approximate surface area is 132 Å². The highest BCUT2D eigenvalue weighted by Crippen LogP contribution is 2.30. The van der Waals surface area contributed by atoms with Crippen LogP contribution in [0, 0.1) is 6.92 Å². The molecule has 1 unspecified atom stereocenters. The molecule has 1 aromatic carbocycles. The smallest absolute Gasteiger partial charge is 0.248 e. The van der Waals surface area contributed by atoms with Gasteiger partial charge in [0.1, 0.15) is 0 Å². The maximum Gasteiger partial charge on any atom is 0.248 e. The number of rotatable bonds is 5. The van der Waals surface area contributed by atoms with Crippen LogP contribution in [-0.4, -0.2) is 29.3 Å². The molecule has 0 bridgehead atoms. The number of hydrogen-bond donors (Lipinski definition) is 2. The Hall–Kier alpha value is -2.05. The highest BCUT2D eigenvalue weighted by atomic mass is 32.1. The molecule has 1 saturated heterocycles. The van der Waals surface area contributed by atoms with Gasteiger partial charge in [-0.05, 0) is 32.0 Å². The highest BCUT2D eigenvalue weighted by molar-refractivity contribution is 7.14. The first-order valence-corrected chi connectivity index (χ1v) is 8.00. The fourth-order valence-corrected chi connectivity index (χ4v) is 3.33. The lowest BCUT2D eigenvalue weighted by Gasteiger charge is -2.26. The number of nitrogens with zero attached hydrogens (tertiary/aromatic N) is 1. The molecule has 2 aromatic rings. The molecule has 3 N–H and O–H groups in total. The number of primary amides is 1. The first kappa shape index (κ1) is 14.9. The van der Waals surface area contributed by atoms with E-state index in [-0.39, 0.29) is 5.78 Å². The fraction of sp³-hybridized carbons (Fsp3) is 0.312. The van der Waals surface area contributed by atoms with Crippen LogP contribution in [0.3, 0.4) is 0 Å². The number of benzene rings is 1. The summed E-state index contributed by atoms with van der Waals surface area (Å²) in [5.41, 5.74) is 7.22. The summed E-state index contributed by atoms with van der Waals surface area (Å²) in [6, 6.07) is 7.18. The Morgan fingerprint density at radius 3 is 2.59 bits per heavy atom. The molecule has 1 aliphatic heterocycles. The van der Waals surface area contributed by atoms with Crippen LogP contribution in [0.15, 0.2) is 24.3 Å². The van der Waals surface area contributed by atoms with Gasteiger partial charge in [-0.2, -0.15) is 0 Å². The number of carbonyl (C=O) groups excluding carboxylic acids is 2. The summed E-state index contributed by atoms with van der Waals surface area (Å²) in [6.45, 7) is 2.88. The van der Waals surface area contributed by atoms with Crippen LogP contribution in [0.5, 0.6) is 0 Å². The Balaban J connectivity index is 1.89. The first-order chi connectivity index (χ1) is 10.5. The maximum atomic E-state index is 12.5. The summed E-state index contributed by atoms with van der Waals surface area (Å²) < 4.78 is 0. The molecule has 0 spiro atoms. The van der Waals surface area contributed by atoms with Gasteiger partial charge in [-0.15, -0.1) is 11.3 Å². The predicted molar refractivity (Wildman–Crippen MR) is 86.2 cm³/mol. The van der Waals surface area contributed by atoms with Crippen molar-refractivity contribution in [2.45, 2.75) is 25.8 Å². The number of amides is 1. The molecule has 0 aliphatic carbocycles. The molecule has 0 saturated carbocycles. The van der Waals surface area contributed by atoms with Crippen molar-refractivity contribution in [1.82, 2.24) is 10.3 Å². The van der Waals surface area contributed by atoms with E-state index in [0.717, 1.165) is 23.5 Å². The Morgan fingerprint density at radius 1 is 1.36 bits per heavy atom. The Kier molecular flexibility index (Phi) is 4.04. The molecule has 3 rings (SSSR count). The third kappa shape index (κ3) is 2.93. The summed E-state index contributed by atoms with van der Waals surface area (Å²) in [4.78, 5) is 28.8. The summed E-state index contributed by atoms with van der Waals surface area (Å²) in [5.74, 6) is -0.342. The topological polar surface area (TPSA) is 85.1 Å². The Bertz CT molecular complexity index is 717. The molecule has 22 heavy (non-hydrogen) atoms. The van der Waals surface area contributed by atoms with Crippen molar-refractivity contribution in [1.29, 1.82) is 0 Å². The molecule has 1 amide bonds. The standard InChI is InChI=1S/C16H17N3O2S/c1-9-19-14(10-2-4-11(5-3-10)16(17)21)15(22-9)13(20)8-12-6-7-18-12/h2-5,12,18H,6-8H2,1H3,(H2,17,21). The number of Topliss-reactive ketones (excluding diaryl/α,β-unsaturated/α-hetero) is 1. The third-order valence-corrected chi connectivity index (χ3v) is 4.80. The van der Waals surface area contributed by atoms with E-state index in [0.29, 0.717) is 28.6 Å². The van der Waals surface area contributed by atoms with Gasteiger partial charge < -0.3 is 11.1 Å². The minimum absolute atomic E-state index is 0.122. The zero-order chi connectivity index (χ0) is 15.7. The second kappa shape index (κ2) is 5.98. The van der Waals surface area contributed by atoms with Gasteiger partial charge in [0.05, 0.1) is 15.6 Å². The van der Waals surface area contributed by atoms with Crippen LogP contribution >= 0.6 is 11.3 Å². The summed E-state index contributed by atoms with van der Waals surface area (Å²) in [6.07, 6.45) is 1.56. The number of ketones is 1. The minimum Gasteiger partial charge on any atom is -0.366 e. The van der Waals surface area contributed by atoms with Gasteiger partial charge in [0.25, 0.3) is 0 Å². The number of carbonyl (C=O) groups is 2. The van der Waals surface area contributed by atoms with E-state index in [4.69, 9.17) is 5.73 Å². The van der Waals surface area contributed by atoms with E-state index in [1.165, 1.54) is 11.3 Å². The Morgan fingerprint density at radius 2 is 2.05 bits per heavy atom. The van der Waals surface area contributed by atoms with E-state index in [1.54, 1.807) is 24.3 Å². The van der Waals surface area contributed by atoms with Crippen molar-refractivity contribution in [2.24, 2.45) is 5.73 Å². The summed E-state index contributed by atoms with van der Waals surface area (Å²) >= 11 is 1.42. The van der Waals surface area contributed by atoms with Crippen molar-refractivity contribution in [3.05, 3.63) is 39.7 Å². The van der Waals surface area contributed by atoms with Gasteiger partial charge in [-0.25, -0.2) is 4.98 Å². The SMILES string of the molecule is Cc1nc(-c2ccc(C(N)=O)cc2)c(C(=O)CC2CCN2)s1. The van der Waals surface area contributed by atoms with Gasteiger partial charge in [0.2, 0.25) is 5.91 Å². The zero-order valence-electron chi connectivity index (χ0n) is 12.3. The number of nitrogens with one attached hydrogen (secondary N) is 1. The number of aromatic nitrogens is 1. The van der Waals surface area contributed by atoms with E-state index in [1.807, 2.05) is 6.92 Å². The number of nitrogens with two attached hydrogens (primary N) is 1. The average molecular weight is 315 g/mol. The van der Waals surface area contributed by atoms with Crippen LogP contribution < -0.4 is 11.1 Å². The molecule has 1 atom stereocenters. The van der Waals surface area contributed by atoms with Gasteiger partial charge in [-0.3, -0.25) is 9.59 Å². The lowest BCUT2D eigenvalue weighted by Crippen LogP contribution is -2.44. The highest BCUT2D eigenvalue weighted by Gasteiger charge is 2.24. The zero-order valence-corrected chi connectivity index (χ0v) is 13.1. The van der Waals surface area contributed by atoms with Gasteiger partial charge in [-0.1, -0.05) is 12.1 Å². The van der Waals surface area contributed by atoms with E-state index in [9.17, 15) is 9.59 Å². The lowest BCUT2D eigenvalue weighted by atomic mass is 9.99. The molecule has 6 heteroatoms. The van der Waals surface area contributed by atoms with Crippen LogP contribution in [0.4, 0.5) is 0 Å². The van der Waals surface area contributed by atoms with Crippen molar-refractivity contribution in [3.8, 4) is 11.3 Å². The summed E-state index contributed by atoms with van der Waals surface area (Å²) in [7, 11) is 0. The molecule has 0 radical (unpaired) electrons. The van der Waals surface area contributed by atoms with Crippen LogP contribution in [0.2, 0.25) is 0 Å². The molecule has 1 aromatic heterocycles.